The summed E-state index contributed by atoms with van der Waals surface area (Å²) in [5, 5.41) is 5.88. The summed E-state index contributed by atoms with van der Waals surface area (Å²) in [7, 11) is 0. The summed E-state index contributed by atoms with van der Waals surface area (Å²) in [5.41, 5.74) is 0.794. The summed E-state index contributed by atoms with van der Waals surface area (Å²) in [6.07, 6.45) is 2.01. The van der Waals surface area contributed by atoms with Gasteiger partial charge in [0.15, 0.2) is 0 Å². The quantitative estimate of drug-likeness (QED) is 0.697. The van der Waals surface area contributed by atoms with Crippen LogP contribution in [0, 0.1) is 0 Å². The van der Waals surface area contributed by atoms with Gasteiger partial charge in [-0.05, 0) is 43.7 Å². The Kier molecular flexibility index (Phi) is 6.87. The summed E-state index contributed by atoms with van der Waals surface area (Å²) in [5.74, 6) is 0.810. The molecular formula is C14H22N2O2. The van der Waals surface area contributed by atoms with E-state index in [1.165, 1.54) is 0 Å². The van der Waals surface area contributed by atoms with E-state index in [0.29, 0.717) is 13.2 Å². The van der Waals surface area contributed by atoms with E-state index in [1.54, 1.807) is 0 Å². The van der Waals surface area contributed by atoms with Crippen LogP contribution >= 0.6 is 0 Å². The molecule has 0 aliphatic rings. The number of hydrogen-bond donors (Lipinski definition) is 2. The first kappa shape index (κ1) is 14.5. The highest BCUT2D eigenvalue weighted by Gasteiger charge is 2.01. The zero-order valence-corrected chi connectivity index (χ0v) is 11.2. The number of carbonyl (C=O) groups is 1. The van der Waals surface area contributed by atoms with E-state index in [0.717, 1.165) is 30.8 Å². The fraction of sp³-hybridized carbons (Fsp3) is 0.500. The summed E-state index contributed by atoms with van der Waals surface area (Å²) >= 11 is 0. The minimum atomic E-state index is -0.0225. The zero-order valence-electron chi connectivity index (χ0n) is 11.2. The summed E-state index contributed by atoms with van der Waals surface area (Å²) in [6.45, 7) is 6.06. The molecule has 0 aliphatic carbocycles. The van der Waals surface area contributed by atoms with Gasteiger partial charge >= 0.3 is 0 Å². The van der Waals surface area contributed by atoms with Crippen LogP contribution in [0.1, 0.15) is 26.7 Å². The molecule has 100 valence electrons. The molecule has 0 aliphatic heterocycles. The lowest BCUT2D eigenvalue weighted by molar-refractivity contribution is -0.115. The number of anilines is 1. The number of rotatable bonds is 8. The van der Waals surface area contributed by atoms with Crippen LogP contribution in [0.25, 0.3) is 0 Å². The van der Waals surface area contributed by atoms with Gasteiger partial charge in [-0.3, -0.25) is 4.79 Å². The second-order valence-corrected chi connectivity index (χ2v) is 4.10. The van der Waals surface area contributed by atoms with Crippen molar-refractivity contribution in [3.05, 3.63) is 24.3 Å². The molecule has 4 nitrogen and oxygen atoms in total. The lowest BCUT2D eigenvalue weighted by Gasteiger charge is -2.08. The second-order valence-electron chi connectivity index (χ2n) is 4.10. The molecule has 0 aromatic heterocycles. The van der Waals surface area contributed by atoms with E-state index in [9.17, 15) is 4.79 Å². The highest BCUT2D eigenvalue weighted by Crippen LogP contribution is 2.15. The van der Waals surface area contributed by atoms with Crippen molar-refractivity contribution in [2.45, 2.75) is 26.7 Å². The van der Waals surface area contributed by atoms with Gasteiger partial charge in [0.25, 0.3) is 0 Å². The molecule has 0 heterocycles. The van der Waals surface area contributed by atoms with Crippen molar-refractivity contribution in [3.8, 4) is 5.75 Å². The smallest absolute Gasteiger partial charge is 0.238 e. The minimum absolute atomic E-state index is 0.0225. The first-order valence-electron chi connectivity index (χ1n) is 6.49. The van der Waals surface area contributed by atoms with E-state index in [1.807, 2.05) is 24.3 Å². The Hall–Kier alpha value is -1.55. The number of benzene rings is 1. The largest absolute Gasteiger partial charge is 0.494 e. The van der Waals surface area contributed by atoms with Crippen molar-refractivity contribution in [1.82, 2.24) is 5.32 Å². The predicted molar refractivity (Wildman–Crippen MR) is 74.0 cm³/mol. The SMILES string of the molecule is CCCNCC(=O)Nc1ccc(OCCC)cc1. The molecule has 1 aromatic carbocycles. The average Bonchev–Trinajstić information content (AvgIpc) is 2.38. The van der Waals surface area contributed by atoms with E-state index in [2.05, 4.69) is 24.5 Å². The molecule has 0 atom stereocenters. The summed E-state index contributed by atoms with van der Waals surface area (Å²) in [6, 6.07) is 7.43. The molecule has 1 rings (SSSR count). The monoisotopic (exact) mass is 250 g/mol. The fourth-order valence-electron chi connectivity index (χ4n) is 1.44. The Labute approximate surface area is 109 Å². The van der Waals surface area contributed by atoms with Gasteiger partial charge in [0.05, 0.1) is 13.2 Å². The van der Waals surface area contributed by atoms with Gasteiger partial charge in [0, 0.05) is 5.69 Å². The molecule has 0 radical (unpaired) electrons. The van der Waals surface area contributed by atoms with E-state index in [4.69, 9.17) is 4.74 Å². The Morgan fingerprint density at radius 2 is 1.89 bits per heavy atom. The van der Waals surface area contributed by atoms with Crippen LogP contribution in [-0.2, 0) is 4.79 Å². The number of hydrogen-bond acceptors (Lipinski definition) is 3. The molecular weight excluding hydrogens is 228 g/mol. The standard InChI is InChI=1S/C14H22N2O2/c1-3-9-15-11-14(17)16-12-5-7-13(8-6-12)18-10-4-2/h5-8,15H,3-4,9-11H2,1-2H3,(H,16,17). The Morgan fingerprint density at radius 1 is 1.17 bits per heavy atom. The van der Waals surface area contributed by atoms with E-state index in [-0.39, 0.29) is 5.91 Å². The maximum Gasteiger partial charge on any atom is 0.238 e. The van der Waals surface area contributed by atoms with Crippen LogP contribution in [0.5, 0.6) is 5.75 Å². The van der Waals surface area contributed by atoms with Gasteiger partial charge in [-0.1, -0.05) is 13.8 Å². The molecule has 0 bridgehead atoms. The van der Waals surface area contributed by atoms with E-state index < -0.39 is 0 Å². The Bertz CT molecular complexity index is 349. The third-order valence-corrected chi connectivity index (χ3v) is 2.32. The molecule has 1 amide bonds. The molecule has 0 saturated heterocycles. The number of nitrogens with one attached hydrogen (secondary N) is 2. The number of carbonyl (C=O) groups excluding carboxylic acids is 1. The maximum atomic E-state index is 11.5. The maximum absolute atomic E-state index is 11.5. The molecule has 2 N–H and O–H groups in total. The number of amides is 1. The molecule has 1 aromatic rings. The molecule has 4 heteroatoms. The van der Waals surface area contributed by atoms with Crippen molar-refractivity contribution in [3.63, 3.8) is 0 Å². The van der Waals surface area contributed by atoms with Gasteiger partial charge < -0.3 is 15.4 Å². The van der Waals surface area contributed by atoms with Crippen molar-refractivity contribution >= 4 is 11.6 Å². The van der Waals surface area contributed by atoms with Gasteiger partial charge in [-0.25, -0.2) is 0 Å². The van der Waals surface area contributed by atoms with Crippen molar-refractivity contribution in [2.24, 2.45) is 0 Å². The lowest BCUT2D eigenvalue weighted by atomic mass is 10.3. The molecule has 0 unspecified atom stereocenters. The van der Waals surface area contributed by atoms with Crippen LogP contribution in [0.3, 0.4) is 0 Å². The third kappa shape index (κ3) is 5.68. The van der Waals surface area contributed by atoms with Crippen molar-refractivity contribution in [1.29, 1.82) is 0 Å². The molecule has 0 spiro atoms. The van der Waals surface area contributed by atoms with Crippen LogP contribution in [0.15, 0.2) is 24.3 Å². The second kappa shape index (κ2) is 8.53. The van der Waals surface area contributed by atoms with Gasteiger partial charge in [-0.2, -0.15) is 0 Å². The first-order chi connectivity index (χ1) is 8.76. The topological polar surface area (TPSA) is 50.4 Å². The van der Waals surface area contributed by atoms with Crippen molar-refractivity contribution in [2.75, 3.05) is 25.0 Å². The van der Waals surface area contributed by atoms with Crippen LogP contribution < -0.4 is 15.4 Å². The third-order valence-electron chi connectivity index (χ3n) is 2.32. The molecule has 0 fully saturated rings. The Balaban J connectivity index is 2.35. The molecule has 0 saturated carbocycles. The lowest BCUT2D eigenvalue weighted by Crippen LogP contribution is -2.28. The van der Waals surface area contributed by atoms with Crippen LogP contribution in [-0.4, -0.2) is 25.6 Å². The number of ether oxygens (including phenoxy) is 1. The fourth-order valence-corrected chi connectivity index (χ4v) is 1.44. The Morgan fingerprint density at radius 3 is 2.50 bits per heavy atom. The minimum Gasteiger partial charge on any atom is -0.494 e. The highest BCUT2D eigenvalue weighted by atomic mass is 16.5. The van der Waals surface area contributed by atoms with E-state index >= 15 is 0 Å². The van der Waals surface area contributed by atoms with Crippen LogP contribution in [0.2, 0.25) is 0 Å². The van der Waals surface area contributed by atoms with Gasteiger partial charge in [0.1, 0.15) is 5.75 Å². The highest BCUT2D eigenvalue weighted by molar-refractivity contribution is 5.92. The summed E-state index contributed by atoms with van der Waals surface area (Å²) in [4.78, 5) is 11.5. The average molecular weight is 250 g/mol. The zero-order chi connectivity index (χ0) is 13.2. The molecule has 18 heavy (non-hydrogen) atoms. The van der Waals surface area contributed by atoms with Gasteiger partial charge in [-0.15, -0.1) is 0 Å². The first-order valence-corrected chi connectivity index (χ1v) is 6.49. The van der Waals surface area contributed by atoms with Crippen molar-refractivity contribution < 1.29 is 9.53 Å². The normalized spacial score (nSPS) is 10.1. The summed E-state index contributed by atoms with van der Waals surface area (Å²) < 4.78 is 5.47. The van der Waals surface area contributed by atoms with Gasteiger partial charge in [0.2, 0.25) is 5.91 Å². The van der Waals surface area contributed by atoms with Crippen LogP contribution in [0.4, 0.5) is 5.69 Å². The predicted octanol–water partition coefficient (Wildman–Crippen LogP) is 2.41.